The molecule has 7 aromatic carbocycles. The van der Waals surface area contributed by atoms with E-state index in [1.807, 2.05) is 0 Å². The maximum atomic E-state index is 7.18. The molecule has 1 unspecified atom stereocenters. The van der Waals surface area contributed by atoms with Crippen molar-refractivity contribution in [2.75, 3.05) is 4.81 Å². The summed E-state index contributed by atoms with van der Waals surface area (Å²) >= 11 is 0. The lowest BCUT2D eigenvalue weighted by atomic mass is 9.39. The van der Waals surface area contributed by atoms with Gasteiger partial charge in [0.1, 0.15) is 11.2 Å². The highest BCUT2D eigenvalue weighted by atomic mass is 16.3. The van der Waals surface area contributed by atoms with Gasteiger partial charge < -0.3 is 9.23 Å². The first-order valence-corrected chi connectivity index (χ1v) is 23.9. The van der Waals surface area contributed by atoms with Crippen LogP contribution in [0.4, 0.5) is 11.4 Å². The predicted molar refractivity (Wildman–Crippen MR) is 269 cm³/mol. The Labute approximate surface area is 375 Å². The molecule has 8 aromatic rings. The zero-order valence-electron chi connectivity index (χ0n) is 38.4. The average Bonchev–Trinajstić information content (AvgIpc) is 3.68. The Kier molecular flexibility index (Phi) is 9.64. The van der Waals surface area contributed by atoms with E-state index in [2.05, 4.69) is 187 Å². The Balaban J connectivity index is 1.27. The zero-order valence-corrected chi connectivity index (χ0v) is 38.4. The van der Waals surface area contributed by atoms with Gasteiger partial charge in [0, 0.05) is 39.2 Å². The molecule has 0 bridgehead atoms. The third-order valence-corrected chi connectivity index (χ3v) is 15.3. The standard InChI is InChI=1S/C60H60BNO/c1-8-10-17-39-23-26-42(27-24-39)62-53-37-51-50(59(4,5)31-32-60(51,6)7)36-47(53)48-33-38(3)34-49-55(44-28-25-40(18-11-9-2)35-46(44)41-19-13-12-14-20-41)56-52(61(62)57(48)49)30-29-45-43-21-15-16-22-54(43)63-58(45)56/h12-16,19-30,33-37,55H,8-11,17-18,31-32H2,1-7H3. The molecule has 0 radical (unpaired) electrons. The van der Waals surface area contributed by atoms with Gasteiger partial charge in [-0.25, -0.2) is 0 Å². The highest BCUT2D eigenvalue weighted by Gasteiger charge is 2.48. The molecule has 63 heavy (non-hydrogen) atoms. The van der Waals surface area contributed by atoms with E-state index in [1.54, 1.807) is 0 Å². The fourth-order valence-corrected chi connectivity index (χ4v) is 11.8. The molecule has 1 aromatic heterocycles. The second kappa shape index (κ2) is 15.2. The number of para-hydroxylation sites is 1. The van der Waals surface area contributed by atoms with Crippen LogP contribution >= 0.6 is 0 Å². The topological polar surface area (TPSA) is 16.4 Å². The number of hydrogen-bond donors (Lipinski definition) is 0. The van der Waals surface area contributed by atoms with Gasteiger partial charge in [-0.3, -0.25) is 0 Å². The Morgan fingerprint density at radius 3 is 2.05 bits per heavy atom. The van der Waals surface area contributed by atoms with E-state index in [4.69, 9.17) is 4.42 Å². The van der Waals surface area contributed by atoms with Crippen LogP contribution in [0.2, 0.25) is 0 Å². The molecule has 0 N–H and O–H groups in total. The van der Waals surface area contributed by atoms with Crippen molar-refractivity contribution >= 4 is 51.1 Å². The normalized spacial score (nSPS) is 16.8. The van der Waals surface area contributed by atoms with Crippen molar-refractivity contribution in [3.8, 4) is 22.3 Å². The van der Waals surface area contributed by atoms with E-state index in [9.17, 15) is 0 Å². The Bertz CT molecular complexity index is 3060. The number of hydrogen-bond acceptors (Lipinski definition) is 2. The Hall–Kier alpha value is -5.80. The van der Waals surface area contributed by atoms with Crippen LogP contribution in [-0.4, -0.2) is 6.85 Å². The minimum absolute atomic E-state index is 0.0579. The molecule has 1 atom stereocenters. The zero-order chi connectivity index (χ0) is 43.2. The highest BCUT2D eigenvalue weighted by Crippen LogP contribution is 2.54. The molecule has 1 aliphatic carbocycles. The number of unbranched alkanes of at least 4 members (excludes halogenated alkanes) is 2. The third kappa shape index (κ3) is 6.43. The van der Waals surface area contributed by atoms with Gasteiger partial charge in [0.15, 0.2) is 0 Å². The first kappa shape index (κ1) is 40.0. The average molecular weight is 822 g/mol. The van der Waals surface area contributed by atoms with Crippen molar-refractivity contribution in [2.45, 2.75) is 117 Å². The van der Waals surface area contributed by atoms with E-state index >= 15 is 0 Å². The second-order valence-corrected chi connectivity index (χ2v) is 20.4. The number of fused-ring (bicyclic) bond motifs is 9. The summed E-state index contributed by atoms with van der Waals surface area (Å²) in [7, 11) is 0. The van der Waals surface area contributed by atoms with Gasteiger partial charge in [-0.2, -0.15) is 0 Å². The van der Waals surface area contributed by atoms with Crippen LogP contribution in [0.3, 0.4) is 0 Å². The minimum atomic E-state index is -0.0600. The summed E-state index contributed by atoms with van der Waals surface area (Å²) in [5, 5.41) is 2.36. The molecule has 0 saturated heterocycles. The van der Waals surface area contributed by atoms with E-state index in [0.717, 1.165) is 24.0 Å². The quantitative estimate of drug-likeness (QED) is 0.135. The van der Waals surface area contributed by atoms with Crippen molar-refractivity contribution in [2.24, 2.45) is 0 Å². The summed E-state index contributed by atoms with van der Waals surface area (Å²) in [5.41, 5.74) is 23.9. The van der Waals surface area contributed by atoms with Crippen LogP contribution in [0.15, 0.2) is 138 Å². The number of anilines is 2. The van der Waals surface area contributed by atoms with E-state index in [-0.39, 0.29) is 23.6 Å². The summed E-state index contributed by atoms with van der Waals surface area (Å²) in [6.45, 7) is 16.7. The number of aryl methyl sites for hydroxylation is 3. The molecule has 0 saturated carbocycles. The van der Waals surface area contributed by atoms with E-state index < -0.39 is 0 Å². The van der Waals surface area contributed by atoms with Crippen LogP contribution in [0.25, 0.3) is 44.2 Å². The van der Waals surface area contributed by atoms with Crippen LogP contribution < -0.4 is 15.7 Å². The molecular formula is C60H60BNO. The largest absolute Gasteiger partial charge is 0.456 e. The van der Waals surface area contributed by atoms with Crippen molar-refractivity contribution < 1.29 is 4.42 Å². The number of rotatable bonds is 9. The molecule has 3 heterocycles. The molecule has 0 amide bonds. The summed E-state index contributed by atoms with van der Waals surface area (Å²) in [4.78, 5) is 2.73. The van der Waals surface area contributed by atoms with Crippen molar-refractivity contribution in [3.63, 3.8) is 0 Å². The molecule has 0 spiro atoms. The smallest absolute Gasteiger partial charge is 0.329 e. The van der Waals surface area contributed by atoms with Gasteiger partial charge in [-0.1, -0.05) is 163 Å². The number of furan rings is 1. The van der Waals surface area contributed by atoms with Gasteiger partial charge in [-0.05, 0) is 148 Å². The SMILES string of the molecule is CCCCc1ccc(N2B3c4ccc5c(oc6ccccc65)c4C(c4ccc(CCCC)cc4-c4ccccc4)c4cc(C)cc(c43)-c3cc4c(cc32)C(C)(C)CCC4(C)C)cc1. The molecule has 2 nitrogen and oxygen atoms in total. The van der Waals surface area contributed by atoms with Gasteiger partial charge in [-0.15, -0.1) is 0 Å². The Morgan fingerprint density at radius 2 is 1.30 bits per heavy atom. The second-order valence-electron chi connectivity index (χ2n) is 20.4. The first-order chi connectivity index (χ1) is 30.6. The lowest BCUT2D eigenvalue weighted by Gasteiger charge is -2.47. The van der Waals surface area contributed by atoms with Crippen LogP contribution in [0.1, 0.15) is 130 Å². The number of nitrogens with zero attached hydrogens (tertiary/aromatic N) is 1. The lowest BCUT2D eigenvalue weighted by Crippen LogP contribution is -2.62. The summed E-state index contributed by atoms with van der Waals surface area (Å²) < 4.78 is 7.18. The van der Waals surface area contributed by atoms with Crippen molar-refractivity contribution in [3.05, 3.63) is 178 Å². The van der Waals surface area contributed by atoms with Gasteiger partial charge in [0.25, 0.3) is 0 Å². The van der Waals surface area contributed by atoms with Crippen LogP contribution in [-0.2, 0) is 23.7 Å². The monoisotopic (exact) mass is 821 g/mol. The van der Waals surface area contributed by atoms with E-state index in [1.165, 1.54) is 138 Å². The summed E-state index contributed by atoms with van der Waals surface area (Å²) in [6.07, 6.45) is 9.30. The van der Waals surface area contributed by atoms with Crippen LogP contribution in [0.5, 0.6) is 0 Å². The Morgan fingerprint density at radius 1 is 0.619 bits per heavy atom. The van der Waals surface area contributed by atoms with Gasteiger partial charge in [0.05, 0.1) is 0 Å². The van der Waals surface area contributed by atoms with Crippen molar-refractivity contribution in [1.82, 2.24) is 0 Å². The minimum Gasteiger partial charge on any atom is -0.456 e. The fraction of sp³-hybridized carbons (Fsp3) is 0.300. The molecule has 11 rings (SSSR count). The predicted octanol–water partition coefficient (Wildman–Crippen LogP) is 15.0. The lowest BCUT2D eigenvalue weighted by molar-refractivity contribution is 0.332. The van der Waals surface area contributed by atoms with Gasteiger partial charge in [0.2, 0.25) is 0 Å². The van der Waals surface area contributed by atoms with Gasteiger partial charge >= 0.3 is 6.85 Å². The first-order valence-electron chi connectivity index (χ1n) is 23.9. The molecule has 0 fully saturated rings. The highest BCUT2D eigenvalue weighted by molar-refractivity contribution is 6.92. The van der Waals surface area contributed by atoms with Crippen molar-refractivity contribution in [1.29, 1.82) is 0 Å². The maximum Gasteiger partial charge on any atom is 0.329 e. The molecule has 3 heteroatoms. The fourth-order valence-electron chi connectivity index (χ4n) is 11.8. The van der Waals surface area contributed by atoms with Crippen LogP contribution in [0, 0.1) is 6.92 Å². The summed E-state index contributed by atoms with van der Waals surface area (Å²) in [6, 6.07) is 51.9. The maximum absolute atomic E-state index is 7.18. The third-order valence-electron chi connectivity index (χ3n) is 15.3. The number of benzene rings is 7. The molecule has 314 valence electrons. The molecule has 3 aliphatic rings. The summed E-state index contributed by atoms with van der Waals surface area (Å²) in [5.74, 6) is -0.0579. The molecule has 2 aliphatic heterocycles. The molecular weight excluding hydrogens is 761 g/mol. The van der Waals surface area contributed by atoms with E-state index in [0.29, 0.717) is 0 Å².